The first-order chi connectivity index (χ1) is 8.10. The summed E-state index contributed by atoms with van der Waals surface area (Å²) in [7, 11) is 0. The molecule has 0 aliphatic rings. The minimum Gasteiger partial charge on any atom is -0.478 e. The highest BCUT2D eigenvalue weighted by molar-refractivity contribution is 7.98. The van der Waals surface area contributed by atoms with Crippen LogP contribution in [-0.4, -0.2) is 23.4 Å². The first-order valence-electron chi connectivity index (χ1n) is 5.37. The van der Waals surface area contributed by atoms with Crippen molar-refractivity contribution < 1.29 is 9.90 Å². The lowest BCUT2D eigenvalue weighted by atomic mass is 10.1. The van der Waals surface area contributed by atoms with Crippen LogP contribution in [-0.2, 0) is 0 Å². The number of hydrogen-bond donors (Lipinski definition) is 2. The molecular formula is C13H17NO2S. The summed E-state index contributed by atoms with van der Waals surface area (Å²) in [4.78, 5) is 12.0. The van der Waals surface area contributed by atoms with Gasteiger partial charge in [0.05, 0.1) is 11.3 Å². The predicted octanol–water partition coefficient (Wildman–Crippen LogP) is 3.48. The van der Waals surface area contributed by atoms with Crippen molar-refractivity contribution in [3.8, 4) is 0 Å². The highest BCUT2D eigenvalue weighted by atomic mass is 32.2. The van der Waals surface area contributed by atoms with E-state index < -0.39 is 5.97 Å². The van der Waals surface area contributed by atoms with Crippen molar-refractivity contribution in [2.24, 2.45) is 0 Å². The molecule has 92 valence electrons. The maximum Gasteiger partial charge on any atom is 0.338 e. The number of benzene rings is 1. The van der Waals surface area contributed by atoms with E-state index in [0.29, 0.717) is 11.3 Å². The van der Waals surface area contributed by atoms with Crippen molar-refractivity contribution in [2.75, 3.05) is 11.6 Å². The fourth-order valence-electron chi connectivity index (χ4n) is 1.62. The molecule has 0 spiro atoms. The molecule has 2 N–H and O–H groups in total. The van der Waals surface area contributed by atoms with E-state index in [9.17, 15) is 9.90 Å². The minimum absolute atomic E-state index is 0.169. The Morgan fingerprint density at radius 3 is 2.88 bits per heavy atom. The minimum atomic E-state index is -0.900. The molecule has 0 heterocycles. The Hall–Kier alpha value is -1.42. The third-order valence-corrected chi connectivity index (χ3v) is 3.16. The van der Waals surface area contributed by atoms with Crippen LogP contribution < -0.4 is 5.32 Å². The van der Waals surface area contributed by atoms with Gasteiger partial charge in [-0.3, -0.25) is 0 Å². The van der Waals surface area contributed by atoms with Crippen LogP contribution in [0.1, 0.15) is 23.7 Å². The lowest BCUT2D eigenvalue weighted by Gasteiger charge is -2.16. The van der Waals surface area contributed by atoms with Crippen LogP contribution in [0.2, 0.25) is 0 Å². The van der Waals surface area contributed by atoms with Gasteiger partial charge in [-0.2, -0.15) is 0 Å². The molecule has 17 heavy (non-hydrogen) atoms. The van der Waals surface area contributed by atoms with Gasteiger partial charge in [-0.15, -0.1) is 18.3 Å². The zero-order valence-corrected chi connectivity index (χ0v) is 10.9. The van der Waals surface area contributed by atoms with Gasteiger partial charge >= 0.3 is 5.97 Å². The van der Waals surface area contributed by atoms with Gasteiger partial charge in [0.2, 0.25) is 0 Å². The molecule has 0 fully saturated rings. The van der Waals surface area contributed by atoms with Crippen LogP contribution in [0.3, 0.4) is 0 Å². The standard InChI is InChI=1S/C13H17NO2S/c1-4-6-9(2)14-10-7-5-8-11(17-3)12(10)13(15)16/h4-5,7-9,14H,1,6H2,2-3H3,(H,15,16). The molecule has 0 amide bonds. The van der Waals surface area contributed by atoms with E-state index in [4.69, 9.17) is 0 Å². The Morgan fingerprint density at radius 1 is 1.65 bits per heavy atom. The first kappa shape index (κ1) is 13.6. The second-order valence-electron chi connectivity index (χ2n) is 3.76. The Labute approximate surface area is 106 Å². The molecule has 0 saturated heterocycles. The molecule has 1 aromatic carbocycles. The number of nitrogens with one attached hydrogen (secondary N) is 1. The predicted molar refractivity (Wildman–Crippen MR) is 73.1 cm³/mol. The Balaban J connectivity index is 3.05. The number of carbonyl (C=O) groups is 1. The second-order valence-corrected chi connectivity index (χ2v) is 4.61. The zero-order chi connectivity index (χ0) is 12.8. The smallest absolute Gasteiger partial charge is 0.338 e. The molecule has 0 saturated carbocycles. The first-order valence-corrected chi connectivity index (χ1v) is 6.60. The fraction of sp³-hybridized carbons (Fsp3) is 0.308. The van der Waals surface area contributed by atoms with E-state index >= 15 is 0 Å². The molecule has 1 rings (SSSR count). The Bertz CT molecular complexity index is 418. The van der Waals surface area contributed by atoms with Crippen LogP contribution in [0.4, 0.5) is 5.69 Å². The van der Waals surface area contributed by atoms with Crippen molar-refractivity contribution in [3.63, 3.8) is 0 Å². The molecule has 0 aliphatic carbocycles. The van der Waals surface area contributed by atoms with Crippen molar-refractivity contribution in [2.45, 2.75) is 24.3 Å². The summed E-state index contributed by atoms with van der Waals surface area (Å²) >= 11 is 1.44. The van der Waals surface area contributed by atoms with Crippen LogP contribution >= 0.6 is 11.8 Å². The quantitative estimate of drug-likeness (QED) is 0.600. The highest BCUT2D eigenvalue weighted by Crippen LogP contribution is 2.27. The van der Waals surface area contributed by atoms with Crippen molar-refractivity contribution in [1.82, 2.24) is 0 Å². The molecule has 0 bridgehead atoms. The molecular weight excluding hydrogens is 234 g/mol. The fourth-order valence-corrected chi connectivity index (χ4v) is 2.23. The summed E-state index contributed by atoms with van der Waals surface area (Å²) in [6, 6.07) is 5.64. The average Bonchev–Trinajstić information content (AvgIpc) is 2.28. The van der Waals surface area contributed by atoms with Gasteiger partial charge in [0.1, 0.15) is 0 Å². The Kier molecular flexibility index (Phi) is 5.10. The number of carboxylic acids is 1. The number of rotatable bonds is 6. The summed E-state index contributed by atoms with van der Waals surface area (Å²) in [6.45, 7) is 5.67. The summed E-state index contributed by atoms with van der Waals surface area (Å²) in [6.07, 6.45) is 4.48. The van der Waals surface area contributed by atoms with E-state index in [-0.39, 0.29) is 6.04 Å². The summed E-state index contributed by atoms with van der Waals surface area (Å²) < 4.78 is 0. The highest BCUT2D eigenvalue weighted by Gasteiger charge is 2.15. The monoisotopic (exact) mass is 251 g/mol. The van der Waals surface area contributed by atoms with Gasteiger partial charge in [-0.25, -0.2) is 4.79 Å². The van der Waals surface area contributed by atoms with Crippen LogP contribution in [0.15, 0.2) is 35.7 Å². The maximum atomic E-state index is 11.3. The molecule has 0 aliphatic heterocycles. The normalized spacial score (nSPS) is 11.9. The number of anilines is 1. The van der Waals surface area contributed by atoms with E-state index in [1.54, 1.807) is 6.07 Å². The van der Waals surface area contributed by atoms with Crippen molar-refractivity contribution in [3.05, 3.63) is 36.4 Å². The number of hydrogen-bond acceptors (Lipinski definition) is 3. The van der Waals surface area contributed by atoms with Gasteiger partial charge < -0.3 is 10.4 Å². The SMILES string of the molecule is C=CCC(C)Nc1cccc(SC)c1C(=O)O. The summed E-state index contributed by atoms with van der Waals surface area (Å²) in [5.41, 5.74) is 1.01. The molecule has 1 atom stereocenters. The van der Waals surface area contributed by atoms with Crippen molar-refractivity contribution >= 4 is 23.4 Å². The molecule has 1 unspecified atom stereocenters. The average molecular weight is 251 g/mol. The molecule has 0 aromatic heterocycles. The van der Waals surface area contributed by atoms with Crippen LogP contribution in [0, 0.1) is 0 Å². The van der Waals surface area contributed by atoms with Gasteiger partial charge in [0, 0.05) is 10.9 Å². The van der Waals surface area contributed by atoms with E-state index in [0.717, 1.165) is 11.3 Å². The van der Waals surface area contributed by atoms with Gasteiger partial charge in [-0.1, -0.05) is 12.1 Å². The number of carboxylic acid groups (broad SMARTS) is 1. The Morgan fingerprint density at radius 2 is 2.35 bits per heavy atom. The van der Waals surface area contributed by atoms with E-state index in [2.05, 4.69) is 11.9 Å². The molecule has 3 nitrogen and oxygen atoms in total. The third-order valence-electron chi connectivity index (χ3n) is 2.38. The lowest BCUT2D eigenvalue weighted by Crippen LogP contribution is -2.16. The zero-order valence-electron chi connectivity index (χ0n) is 10.1. The lowest BCUT2D eigenvalue weighted by molar-refractivity contribution is 0.0694. The van der Waals surface area contributed by atoms with Gasteiger partial charge in [0.15, 0.2) is 0 Å². The van der Waals surface area contributed by atoms with Gasteiger partial charge in [0.25, 0.3) is 0 Å². The largest absolute Gasteiger partial charge is 0.478 e. The third kappa shape index (κ3) is 3.53. The molecule has 0 radical (unpaired) electrons. The van der Waals surface area contributed by atoms with E-state index in [1.165, 1.54) is 11.8 Å². The van der Waals surface area contributed by atoms with Crippen LogP contribution in [0.25, 0.3) is 0 Å². The molecule has 4 heteroatoms. The van der Waals surface area contributed by atoms with E-state index in [1.807, 2.05) is 31.4 Å². The molecule has 1 aromatic rings. The maximum absolute atomic E-state index is 11.3. The van der Waals surface area contributed by atoms with Crippen molar-refractivity contribution in [1.29, 1.82) is 0 Å². The summed E-state index contributed by atoms with van der Waals surface area (Å²) in [5, 5.41) is 12.4. The van der Waals surface area contributed by atoms with Gasteiger partial charge in [-0.05, 0) is 31.7 Å². The number of aromatic carboxylic acids is 1. The summed E-state index contributed by atoms with van der Waals surface area (Å²) in [5.74, 6) is -0.900. The second kappa shape index (κ2) is 6.35. The topological polar surface area (TPSA) is 49.3 Å². The van der Waals surface area contributed by atoms with Crippen LogP contribution in [0.5, 0.6) is 0 Å². The number of thioether (sulfide) groups is 1.